The molecule has 1 aromatic heterocycles. The molecule has 2 rings (SSSR count). The summed E-state index contributed by atoms with van der Waals surface area (Å²) in [7, 11) is 0. The van der Waals surface area contributed by atoms with E-state index in [9.17, 15) is 9.90 Å². The van der Waals surface area contributed by atoms with E-state index in [-0.39, 0.29) is 6.10 Å². The highest BCUT2D eigenvalue weighted by Crippen LogP contribution is 2.17. The van der Waals surface area contributed by atoms with Crippen LogP contribution < -0.4 is 15.0 Å². The number of nitrogens with one attached hydrogen (secondary N) is 1. The van der Waals surface area contributed by atoms with Crippen LogP contribution in [0.25, 0.3) is 0 Å². The molecule has 0 amide bonds. The second-order valence-electron chi connectivity index (χ2n) is 4.61. The third-order valence-corrected chi connectivity index (χ3v) is 2.76. The quantitative estimate of drug-likeness (QED) is 0.800. The molecule has 19 heavy (non-hydrogen) atoms. The van der Waals surface area contributed by atoms with Gasteiger partial charge < -0.3 is 20.1 Å². The summed E-state index contributed by atoms with van der Waals surface area (Å²) in [5.41, 5.74) is 0. The first-order chi connectivity index (χ1) is 9.08. The van der Waals surface area contributed by atoms with Gasteiger partial charge in [-0.3, -0.25) is 0 Å². The molecule has 0 radical (unpaired) electrons. The number of carboxylic acids is 1. The molecule has 1 aliphatic rings. The summed E-state index contributed by atoms with van der Waals surface area (Å²) < 4.78 is 5.50. The molecule has 0 saturated carbocycles. The Labute approximate surface area is 111 Å². The van der Waals surface area contributed by atoms with Crippen molar-refractivity contribution < 1.29 is 14.6 Å². The topological polar surface area (TPSA) is 87.6 Å². The van der Waals surface area contributed by atoms with Gasteiger partial charge in [-0.25, -0.2) is 9.78 Å². The van der Waals surface area contributed by atoms with Gasteiger partial charge in [0, 0.05) is 31.9 Å². The van der Waals surface area contributed by atoms with E-state index in [1.807, 2.05) is 13.8 Å². The Kier molecular flexibility index (Phi) is 4.16. The molecule has 0 bridgehead atoms. The van der Waals surface area contributed by atoms with Crippen molar-refractivity contribution in [3.05, 3.63) is 12.3 Å². The van der Waals surface area contributed by atoms with Crippen molar-refractivity contribution in [2.45, 2.75) is 26.0 Å². The number of aliphatic carboxylic acids is 1. The van der Waals surface area contributed by atoms with Gasteiger partial charge in [0.25, 0.3) is 0 Å². The zero-order valence-electron chi connectivity index (χ0n) is 11.0. The molecule has 104 valence electrons. The molecule has 7 nitrogen and oxygen atoms in total. The Morgan fingerprint density at radius 1 is 1.63 bits per heavy atom. The predicted molar refractivity (Wildman–Crippen MR) is 69.4 cm³/mol. The zero-order valence-corrected chi connectivity index (χ0v) is 11.0. The Morgan fingerprint density at radius 2 is 2.42 bits per heavy atom. The van der Waals surface area contributed by atoms with Crippen LogP contribution in [0.4, 0.5) is 5.95 Å². The van der Waals surface area contributed by atoms with Gasteiger partial charge in [-0.05, 0) is 13.8 Å². The van der Waals surface area contributed by atoms with E-state index in [1.165, 1.54) is 0 Å². The molecule has 1 fully saturated rings. The summed E-state index contributed by atoms with van der Waals surface area (Å²) >= 11 is 0. The van der Waals surface area contributed by atoms with Crippen LogP contribution in [0.3, 0.4) is 0 Å². The number of carboxylic acid groups (broad SMARTS) is 1. The van der Waals surface area contributed by atoms with Crippen molar-refractivity contribution in [3.8, 4) is 5.88 Å². The summed E-state index contributed by atoms with van der Waals surface area (Å²) in [5.74, 6) is -0.0271. The van der Waals surface area contributed by atoms with Gasteiger partial charge in [0.2, 0.25) is 11.8 Å². The summed E-state index contributed by atoms with van der Waals surface area (Å²) in [6.45, 7) is 5.47. The van der Waals surface area contributed by atoms with Gasteiger partial charge in [0.05, 0.1) is 6.10 Å². The number of rotatable bonds is 4. The lowest BCUT2D eigenvalue weighted by Gasteiger charge is -2.33. The highest BCUT2D eigenvalue weighted by molar-refractivity contribution is 5.78. The van der Waals surface area contributed by atoms with Gasteiger partial charge >= 0.3 is 5.97 Å². The highest BCUT2D eigenvalue weighted by Gasteiger charge is 2.30. The normalized spacial score (nSPS) is 19.5. The molecule has 0 aromatic carbocycles. The van der Waals surface area contributed by atoms with E-state index in [0.717, 1.165) is 0 Å². The van der Waals surface area contributed by atoms with Crippen molar-refractivity contribution >= 4 is 11.9 Å². The van der Waals surface area contributed by atoms with Crippen LogP contribution in [0.5, 0.6) is 5.88 Å². The van der Waals surface area contributed by atoms with Gasteiger partial charge in [-0.15, -0.1) is 0 Å². The lowest BCUT2D eigenvalue weighted by molar-refractivity contribution is -0.138. The Bertz CT molecular complexity index is 452. The lowest BCUT2D eigenvalue weighted by Crippen LogP contribution is -2.55. The third-order valence-electron chi connectivity index (χ3n) is 2.76. The van der Waals surface area contributed by atoms with Crippen molar-refractivity contribution in [2.24, 2.45) is 0 Å². The minimum absolute atomic E-state index is 0.0149. The van der Waals surface area contributed by atoms with Gasteiger partial charge in [-0.2, -0.15) is 4.98 Å². The smallest absolute Gasteiger partial charge is 0.327 e. The van der Waals surface area contributed by atoms with Crippen molar-refractivity contribution in [3.63, 3.8) is 0 Å². The van der Waals surface area contributed by atoms with Gasteiger partial charge in [0.1, 0.15) is 6.04 Å². The van der Waals surface area contributed by atoms with E-state index in [0.29, 0.717) is 31.5 Å². The molecule has 2 heterocycles. The fourth-order valence-electron chi connectivity index (χ4n) is 1.94. The Balaban J connectivity index is 2.21. The maximum absolute atomic E-state index is 11.2. The first kappa shape index (κ1) is 13.5. The summed E-state index contributed by atoms with van der Waals surface area (Å²) in [6, 6.07) is 1.02. The first-order valence-corrected chi connectivity index (χ1v) is 6.28. The molecule has 1 aromatic rings. The molecule has 1 atom stereocenters. The van der Waals surface area contributed by atoms with Gasteiger partial charge in [0.15, 0.2) is 0 Å². The first-order valence-electron chi connectivity index (χ1n) is 6.28. The summed E-state index contributed by atoms with van der Waals surface area (Å²) in [4.78, 5) is 21.3. The monoisotopic (exact) mass is 266 g/mol. The van der Waals surface area contributed by atoms with E-state index >= 15 is 0 Å². The van der Waals surface area contributed by atoms with Gasteiger partial charge in [-0.1, -0.05) is 0 Å². The Morgan fingerprint density at radius 3 is 3.11 bits per heavy atom. The zero-order chi connectivity index (χ0) is 13.8. The number of ether oxygens (including phenoxy) is 1. The predicted octanol–water partition coefficient (Wildman–Crippen LogP) is 0.127. The molecule has 0 aliphatic carbocycles. The Hall–Kier alpha value is -1.89. The highest BCUT2D eigenvalue weighted by atomic mass is 16.5. The number of nitrogens with zero attached hydrogens (tertiary/aromatic N) is 3. The fourth-order valence-corrected chi connectivity index (χ4v) is 1.94. The second-order valence-corrected chi connectivity index (χ2v) is 4.61. The van der Waals surface area contributed by atoms with Crippen molar-refractivity contribution in [1.82, 2.24) is 15.3 Å². The van der Waals surface area contributed by atoms with Crippen LogP contribution in [0, 0.1) is 0 Å². The molecule has 1 unspecified atom stereocenters. The van der Waals surface area contributed by atoms with Crippen LogP contribution >= 0.6 is 0 Å². The number of piperazine rings is 1. The average molecular weight is 266 g/mol. The second kappa shape index (κ2) is 5.83. The standard InChI is InChI=1S/C12H18N4O3/c1-8(2)19-10-3-4-14-12(15-10)16-6-5-13-7-9(16)11(17)18/h3-4,8-9,13H,5-7H2,1-2H3,(H,17,18). The molecule has 1 saturated heterocycles. The van der Waals surface area contributed by atoms with Crippen molar-refractivity contribution in [1.29, 1.82) is 0 Å². The molecule has 1 aliphatic heterocycles. The minimum Gasteiger partial charge on any atom is -0.480 e. The molecule has 0 spiro atoms. The number of carbonyl (C=O) groups is 1. The minimum atomic E-state index is -0.883. The number of aromatic nitrogens is 2. The van der Waals surface area contributed by atoms with Crippen LogP contribution in [-0.2, 0) is 4.79 Å². The maximum Gasteiger partial charge on any atom is 0.327 e. The summed E-state index contributed by atoms with van der Waals surface area (Å²) in [6.07, 6.45) is 1.60. The lowest BCUT2D eigenvalue weighted by atomic mass is 10.2. The van der Waals surface area contributed by atoms with E-state index in [2.05, 4.69) is 15.3 Å². The van der Waals surface area contributed by atoms with E-state index in [1.54, 1.807) is 17.2 Å². The van der Waals surface area contributed by atoms with E-state index < -0.39 is 12.0 Å². The molecular formula is C12H18N4O3. The maximum atomic E-state index is 11.2. The number of hydrogen-bond acceptors (Lipinski definition) is 6. The number of anilines is 1. The molecular weight excluding hydrogens is 248 g/mol. The average Bonchev–Trinajstić information content (AvgIpc) is 2.38. The van der Waals surface area contributed by atoms with Crippen LogP contribution in [0.15, 0.2) is 12.3 Å². The van der Waals surface area contributed by atoms with E-state index in [4.69, 9.17) is 4.74 Å². The molecule has 7 heteroatoms. The SMILES string of the molecule is CC(C)Oc1ccnc(N2CCNCC2C(=O)O)n1. The largest absolute Gasteiger partial charge is 0.480 e. The fraction of sp³-hybridized carbons (Fsp3) is 0.583. The van der Waals surface area contributed by atoms with Crippen molar-refractivity contribution in [2.75, 3.05) is 24.5 Å². The third kappa shape index (κ3) is 3.31. The van der Waals surface area contributed by atoms with Crippen LogP contribution in [-0.4, -0.2) is 52.8 Å². The van der Waals surface area contributed by atoms with Crippen LogP contribution in [0.2, 0.25) is 0 Å². The summed E-state index contributed by atoms with van der Waals surface area (Å²) in [5, 5.41) is 12.3. The molecule has 2 N–H and O–H groups in total. The number of hydrogen-bond donors (Lipinski definition) is 2. The van der Waals surface area contributed by atoms with Crippen LogP contribution in [0.1, 0.15) is 13.8 Å².